The SMILES string of the molecule is CCCn1c(=NC(=O)c2ccc(S(=O)(=O)N3CCCCC3C)cc2)sc2cc(Br)ccc21. The maximum absolute atomic E-state index is 13.0. The molecular formula is C23H26BrN3O3S2. The zero-order valence-electron chi connectivity index (χ0n) is 18.1. The first kappa shape index (κ1) is 23.4. The van der Waals surface area contributed by atoms with Crippen LogP contribution in [-0.4, -0.2) is 35.8 Å². The van der Waals surface area contributed by atoms with Gasteiger partial charge in [0.15, 0.2) is 4.80 Å². The topological polar surface area (TPSA) is 71.7 Å². The van der Waals surface area contributed by atoms with Crippen molar-refractivity contribution in [2.24, 2.45) is 4.99 Å². The summed E-state index contributed by atoms with van der Waals surface area (Å²) in [5, 5.41) is 0. The van der Waals surface area contributed by atoms with Gasteiger partial charge in [-0.05, 0) is 68.7 Å². The van der Waals surface area contributed by atoms with Gasteiger partial charge in [-0.1, -0.05) is 40.6 Å². The van der Waals surface area contributed by atoms with Crippen LogP contribution in [0.3, 0.4) is 0 Å². The Hall–Kier alpha value is -1.81. The number of halogens is 1. The lowest BCUT2D eigenvalue weighted by Crippen LogP contribution is -2.41. The Morgan fingerprint density at radius 1 is 1.19 bits per heavy atom. The van der Waals surface area contributed by atoms with E-state index < -0.39 is 10.0 Å². The van der Waals surface area contributed by atoms with Gasteiger partial charge in [-0.25, -0.2) is 8.42 Å². The van der Waals surface area contributed by atoms with E-state index in [0.717, 1.165) is 46.9 Å². The van der Waals surface area contributed by atoms with Crippen LogP contribution < -0.4 is 4.80 Å². The third-order valence-corrected chi connectivity index (χ3v) is 9.30. The van der Waals surface area contributed by atoms with E-state index in [1.807, 2.05) is 25.1 Å². The van der Waals surface area contributed by atoms with Crippen molar-refractivity contribution in [2.45, 2.75) is 57.0 Å². The van der Waals surface area contributed by atoms with Crippen LogP contribution in [0, 0.1) is 0 Å². The molecule has 1 aromatic heterocycles. The van der Waals surface area contributed by atoms with Gasteiger partial charge in [0.2, 0.25) is 10.0 Å². The molecule has 1 saturated heterocycles. The lowest BCUT2D eigenvalue weighted by atomic mass is 10.1. The number of aryl methyl sites for hydroxylation is 1. The van der Waals surface area contributed by atoms with Crippen LogP contribution in [0.4, 0.5) is 0 Å². The molecule has 0 saturated carbocycles. The van der Waals surface area contributed by atoms with Crippen molar-refractivity contribution in [3.8, 4) is 0 Å². The molecule has 6 nitrogen and oxygen atoms in total. The molecule has 2 aromatic carbocycles. The van der Waals surface area contributed by atoms with Crippen LogP contribution in [0.5, 0.6) is 0 Å². The molecule has 0 radical (unpaired) electrons. The number of carbonyl (C=O) groups excluding carboxylic acids is 1. The van der Waals surface area contributed by atoms with Crippen molar-refractivity contribution >= 4 is 53.4 Å². The number of sulfonamides is 1. The minimum Gasteiger partial charge on any atom is -0.316 e. The summed E-state index contributed by atoms with van der Waals surface area (Å²) in [6, 6.07) is 12.2. The molecule has 3 aromatic rings. The minimum atomic E-state index is -3.56. The Kier molecular flexibility index (Phi) is 7.00. The number of thiazole rings is 1. The number of piperidine rings is 1. The molecule has 0 bridgehead atoms. The number of amides is 1. The third kappa shape index (κ3) is 4.62. The van der Waals surface area contributed by atoms with Crippen molar-refractivity contribution in [3.63, 3.8) is 0 Å². The number of aromatic nitrogens is 1. The average molecular weight is 537 g/mol. The average Bonchev–Trinajstić information content (AvgIpc) is 3.10. The molecule has 9 heteroatoms. The molecule has 1 amide bonds. The number of hydrogen-bond donors (Lipinski definition) is 0. The smallest absolute Gasteiger partial charge is 0.279 e. The second-order valence-corrected chi connectivity index (χ2v) is 11.9. The summed E-state index contributed by atoms with van der Waals surface area (Å²) in [7, 11) is -3.56. The monoisotopic (exact) mass is 535 g/mol. The van der Waals surface area contributed by atoms with Crippen LogP contribution in [0.25, 0.3) is 10.2 Å². The van der Waals surface area contributed by atoms with E-state index in [9.17, 15) is 13.2 Å². The molecule has 1 aliphatic rings. The molecule has 0 aliphatic carbocycles. The predicted octanol–water partition coefficient (Wildman–Crippen LogP) is 5.18. The molecule has 32 heavy (non-hydrogen) atoms. The van der Waals surface area contributed by atoms with Crippen molar-refractivity contribution < 1.29 is 13.2 Å². The standard InChI is InChI=1S/C23H26BrN3O3S2/c1-3-13-26-20-12-9-18(24)15-21(20)31-23(26)25-22(28)17-7-10-19(11-8-17)32(29,30)27-14-5-4-6-16(27)2/h7-12,15-16H,3-6,13-14H2,1-2H3. The fourth-order valence-electron chi connectivity index (χ4n) is 4.06. The second kappa shape index (κ2) is 9.59. The zero-order chi connectivity index (χ0) is 22.9. The summed E-state index contributed by atoms with van der Waals surface area (Å²) in [6.07, 6.45) is 3.72. The number of benzene rings is 2. The number of rotatable bonds is 5. The summed E-state index contributed by atoms with van der Waals surface area (Å²) in [5.74, 6) is -0.379. The van der Waals surface area contributed by atoms with Gasteiger partial charge in [0.05, 0.1) is 15.1 Å². The second-order valence-electron chi connectivity index (χ2n) is 8.05. The number of fused-ring (bicyclic) bond motifs is 1. The van der Waals surface area contributed by atoms with Gasteiger partial charge < -0.3 is 4.57 Å². The normalized spacial score (nSPS) is 18.3. The van der Waals surface area contributed by atoms with Gasteiger partial charge in [0.25, 0.3) is 5.91 Å². The van der Waals surface area contributed by atoms with E-state index in [2.05, 4.69) is 32.4 Å². The lowest BCUT2D eigenvalue weighted by Gasteiger charge is -2.32. The van der Waals surface area contributed by atoms with Crippen molar-refractivity contribution in [3.05, 3.63) is 57.3 Å². The van der Waals surface area contributed by atoms with E-state index in [1.165, 1.54) is 23.5 Å². The highest BCUT2D eigenvalue weighted by Gasteiger charge is 2.30. The summed E-state index contributed by atoms with van der Waals surface area (Å²) in [5.41, 5.74) is 1.42. The number of carbonyl (C=O) groups is 1. The molecule has 0 N–H and O–H groups in total. The van der Waals surface area contributed by atoms with Gasteiger partial charge in [-0.3, -0.25) is 4.79 Å². The highest BCUT2D eigenvalue weighted by atomic mass is 79.9. The molecular weight excluding hydrogens is 510 g/mol. The Labute approximate surface area is 200 Å². The Balaban J connectivity index is 1.65. The van der Waals surface area contributed by atoms with Crippen LogP contribution in [0.1, 0.15) is 49.9 Å². The van der Waals surface area contributed by atoms with Crippen molar-refractivity contribution in [2.75, 3.05) is 6.54 Å². The van der Waals surface area contributed by atoms with Crippen LogP contribution in [0.2, 0.25) is 0 Å². The molecule has 4 rings (SSSR count). The number of hydrogen-bond acceptors (Lipinski definition) is 4. The van der Waals surface area contributed by atoms with Crippen molar-refractivity contribution in [1.29, 1.82) is 0 Å². The third-order valence-electron chi connectivity index (χ3n) is 5.74. The van der Waals surface area contributed by atoms with Crippen molar-refractivity contribution in [1.82, 2.24) is 8.87 Å². The van der Waals surface area contributed by atoms with E-state index in [4.69, 9.17) is 0 Å². The van der Waals surface area contributed by atoms with Gasteiger partial charge >= 0.3 is 0 Å². The molecule has 170 valence electrons. The van der Waals surface area contributed by atoms with Crippen LogP contribution >= 0.6 is 27.3 Å². The Bertz CT molecular complexity index is 1310. The lowest BCUT2D eigenvalue weighted by molar-refractivity contribution is 0.0997. The maximum Gasteiger partial charge on any atom is 0.279 e. The summed E-state index contributed by atoms with van der Waals surface area (Å²) >= 11 is 4.97. The molecule has 0 spiro atoms. The van der Waals surface area contributed by atoms with Gasteiger partial charge in [-0.15, -0.1) is 0 Å². The van der Waals surface area contributed by atoms with Gasteiger partial charge in [0.1, 0.15) is 0 Å². The van der Waals surface area contributed by atoms with Gasteiger partial charge in [-0.2, -0.15) is 9.30 Å². The predicted molar refractivity (Wildman–Crippen MR) is 131 cm³/mol. The van der Waals surface area contributed by atoms with Gasteiger partial charge in [0, 0.05) is 29.2 Å². The largest absolute Gasteiger partial charge is 0.316 e. The highest BCUT2D eigenvalue weighted by molar-refractivity contribution is 9.10. The molecule has 2 heterocycles. The minimum absolute atomic E-state index is 0.00734. The molecule has 1 unspecified atom stereocenters. The fraction of sp³-hybridized carbons (Fsp3) is 0.391. The Morgan fingerprint density at radius 2 is 1.94 bits per heavy atom. The summed E-state index contributed by atoms with van der Waals surface area (Å²) in [4.78, 5) is 18.1. The van der Waals surface area contributed by atoms with Crippen LogP contribution in [-0.2, 0) is 16.6 Å². The quantitative estimate of drug-likeness (QED) is 0.451. The zero-order valence-corrected chi connectivity index (χ0v) is 21.3. The van der Waals surface area contributed by atoms with E-state index >= 15 is 0 Å². The molecule has 1 aliphatic heterocycles. The summed E-state index contributed by atoms with van der Waals surface area (Å²) < 4.78 is 31.7. The molecule has 1 fully saturated rings. The first-order valence-corrected chi connectivity index (χ1v) is 13.9. The van der Waals surface area contributed by atoms with E-state index in [-0.39, 0.29) is 16.8 Å². The summed E-state index contributed by atoms with van der Waals surface area (Å²) in [6.45, 7) is 5.34. The first-order chi connectivity index (χ1) is 15.3. The van der Waals surface area contributed by atoms with E-state index in [1.54, 1.807) is 16.4 Å². The number of nitrogens with zero attached hydrogens (tertiary/aromatic N) is 3. The molecule has 1 atom stereocenters. The maximum atomic E-state index is 13.0. The van der Waals surface area contributed by atoms with Crippen LogP contribution in [0.15, 0.2) is 56.8 Å². The Morgan fingerprint density at radius 3 is 2.62 bits per heavy atom. The fourth-order valence-corrected chi connectivity index (χ4v) is 7.36. The van der Waals surface area contributed by atoms with E-state index in [0.29, 0.717) is 16.9 Å². The first-order valence-electron chi connectivity index (χ1n) is 10.8. The highest BCUT2D eigenvalue weighted by Crippen LogP contribution is 2.26.